The maximum atomic E-state index is 5.96. The topological polar surface area (TPSA) is 38.0 Å². The highest BCUT2D eigenvalue weighted by Crippen LogP contribution is 2.30. The van der Waals surface area contributed by atoms with Gasteiger partial charge in [0.25, 0.3) is 0 Å². The zero-order chi connectivity index (χ0) is 9.68. The Labute approximate surface area is 87.1 Å². The molecule has 4 heteroatoms. The average Bonchev–Trinajstić information content (AvgIpc) is 2.54. The highest BCUT2D eigenvalue weighted by molar-refractivity contribution is 7.10. The van der Waals surface area contributed by atoms with Crippen molar-refractivity contribution in [3.8, 4) is 12.3 Å². The van der Waals surface area contributed by atoms with Crippen molar-refractivity contribution in [3.05, 3.63) is 21.3 Å². The summed E-state index contributed by atoms with van der Waals surface area (Å²) in [6, 6.07) is 1.94. The lowest BCUT2D eigenvalue weighted by Crippen LogP contribution is -2.27. The molecule has 0 saturated heterocycles. The molecule has 0 bridgehead atoms. The fourth-order valence-electron chi connectivity index (χ4n) is 1.07. The summed E-state index contributed by atoms with van der Waals surface area (Å²) in [6.45, 7) is 0. The smallest absolute Gasteiger partial charge is 0.0577 e. The highest BCUT2D eigenvalue weighted by Gasteiger charge is 2.13. The molecule has 0 saturated carbocycles. The van der Waals surface area contributed by atoms with E-state index in [-0.39, 0.29) is 6.04 Å². The van der Waals surface area contributed by atoms with Crippen LogP contribution in [0.25, 0.3) is 0 Å². The molecule has 1 aromatic rings. The number of rotatable bonds is 4. The Balaban J connectivity index is 2.68. The van der Waals surface area contributed by atoms with Crippen molar-refractivity contribution in [2.75, 3.05) is 0 Å². The van der Waals surface area contributed by atoms with Crippen molar-refractivity contribution in [2.24, 2.45) is 5.84 Å². The van der Waals surface area contributed by atoms with Crippen molar-refractivity contribution < 1.29 is 0 Å². The second-order valence-corrected chi connectivity index (χ2v) is 3.95. The molecule has 2 nitrogen and oxygen atoms in total. The number of thiophene rings is 1. The average molecular weight is 215 g/mol. The molecule has 0 aliphatic heterocycles. The molecule has 1 rings (SSSR count). The first kappa shape index (κ1) is 10.6. The van der Waals surface area contributed by atoms with Crippen LogP contribution in [0, 0.1) is 12.3 Å². The minimum absolute atomic E-state index is 0.0727. The largest absolute Gasteiger partial charge is 0.271 e. The molecule has 0 aliphatic rings. The second-order valence-electron chi connectivity index (χ2n) is 2.59. The van der Waals surface area contributed by atoms with Crippen molar-refractivity contribution in [2.45, 2.75) is 18.9 Å². The number of terminal acetylenes is 1. The first-order chi connectivity index (χ1) is 6.29. The molecule has 1 aromatic heterocycles. The first-order valence-electron chi connectivity index (χ1n) is 3.92. The van der Waals surface area contributed by atoms with Gasteiger partial charge in [-0.1, -0.05) is 11.6 Å². The normalized spacial score (nSPS) is 12.4. The molecule has 0 spiro atoms. The van der Waals surface area contributed by atoms with Gasteiger partial charge >= 0.3 is 0 Å². The van der Waals surface area contributed by atoms with Gasteiger partial charge in [-0.25, -0.2) is 0 Å². The lowest BCUT2D eigenvalue weighted by molar-refractivity contribution is 0.532. The van der Waals surface area contributed by atoms with Crippen molar-refractivity contribution in [3.63, 3.8) is 0 Å². The molecule has 0 fully saturated rings. The summed E-state index contributed by atoms with van der Waals surface area (Å²) in [5.74, 6) is 7.98. The van der Waals surface area contributed by atoms with E-state index in [9.17, 15) is 0 Å². The van der Waals surface area contributed by atoms with E-state index < -0.39 is 0 Å². The number of hydrogen-bond donors (Lipinski definition) is 2. The molecule has 0 aliphatic carbocycles. The molecule has 0 aromatic carbocycles. The third-order valence-corrected chi connectivity index (χ3v) is 3.21. The van der Waals surface area contributed by atoms with E-state index in [1.54, 1.807) is 11.3 Å². The molecule has 70 valence electrons. The Morgan fingerprint density at radius 3 is 3.00 bits per heavy atom. The van der Waals surface area contributed by atoms with Crippen LogP contribution in [0.5, 0.6) is 0 Å². The van der Waals surface area contributed by atoms with Crippen LogP contribution in [-0.2, 0) is 0 Å². The van der Waals surface area contributed by atoms with Gasteiger partial charge in [-0.05, 0) is 17.9 Å². The molecule has 13 heavy (non-hydrogen) atoms. The van der Waals surface area contributed by atoms with Gasteiger partial charge in [0.2, 0.25) is 0 Å². The van der Waals surface area contributed by atoms with Gasteiger partial charge in [0.1, 0.15) is 0 Å². The predicted molar refractivity (Wildman–Crippen MR) is 57.5 cm³/mol. The Hall–Kier alpha value is -0.530. The van der Waals surface area contributed by atoms with Crippen molar-refractivity contribution >= 4 is 22.9 Å². The summed E-state index contributed by atoms with van der Waals surface area (Å²) in [7, 11) is 0. The van der Waals surface area contributed by atoms with Gasteiger partial charge in [-0.2, -0.15) is 0 Å². The van der Waals surface area contributed by atoms with E-state index in [4.69, 9.17) is 23.9 Å². The minimum Gasteiger partial charge on any atom is -0.271 e. The SMILES string of the molecule is C#CCCC(NN)c1sccc1Cl. The molecule has 3 N–H and O–H groups in total. The number of hydrazine groups is 1. The Morgan fingerprint density at radius 1 is 1.77 bits per heavy atom. The van der Waals surface area contributed by atoms with Crippen LogP contribution >= 0.6 is 22.9 Å². The number of nitrogens with one attached hydrogen (secondary N) is 1. The Bertz CT molecular complexity index is 303. The quantitative estimate of drug-likeness (QED) is 0.459. The van der Waals surface area contributed by atoms with E-state index in [0.717, 1.165) is 16.3 Å². The van der Waals surface area contributed by atoms with Crippen LogP contribution in [0.4, 0.5) is 0 Å². The fraction of sp³-hybridized carbons (Fsp3) is 0.333. The molecular weight excluding hydrogens is 204 g/mol. The summed E-state index contributed by atoms with van der Waals surface area (Å²) < 4.78 is 0. The summed E-state index contributed by atoms with van der Waals surface area (Å²) in [6.07, 6.45) is 6.69. The van der Waals surface area contributed by atoms with Crippen LogP contribution in [0.1, 0.15) is 23.8 Å². The summed E-state index contributed by atoms with van der Waals surface area (Å²) in [4.78, 5) is 1.06. The lowest BCUT2D eigenvalue weighted by atomic mass is 10.1. The summed E-state index contributed by atoms with van der Waals surface area (Å²) in [5, 5.41) is 2.70. The van der Waals surface area contributed by atoms with Gasteiger partial charge in [0, 0.05) is 11.3 Å². The van der Waals surface area contributed by atoms with Gasteiger partial charge in [-0.3, -0.25) is 11.3 Å². The van der Waals surface area contributed by atoms with Crippen LogP contribution in [0.15, 0.2) is 11.4 Å². The Morgan fingerprint density at radius 2 is 2.54 bits per heavy atom. The van der Waals surface area contributed by atoms with Gasteiger partial charge in [0.05, 0.1) is 11.1 Å². The van der Waals surface area contributed by atoms with Gasteiger partial charge in [0.15, 0.2) is 0 Å². The molecular formula is C9H11ClN2S. The monoisotopic (exact) mass is 214 g/mol. The highest BCUT2D eigenvalue weighted by atomic mass is 35.5. The van der Waals surface area contributed by atoms with Crippen molar-refractivity contribution in [1.29, 1.82) is 0 Å². The van der Waals surface area contributed by atoms with Gasteiger partial charge in [-0.15, -0.1) is 23.7 Å². The van der Waals surface area contributed by atoms with Crippen LogP contribution in [0.2, 0.25) is 5.02 Å². The van der Waals surface area contributed by atoms with Crippen molar-refractivity contribution in [1.82, 2.24) is 5.43 Å². The zero-order valence-corrected chi connectivity index (χ0v) is 8.66. The minimum atomic E-state index is 0.0727. The maximum Gasteiger partial charge on any atom is 0.0577 e. The zero-order valence-electron chi connectivity index (χ0n) is 7.09. The van der Waals surface area contributed by atoms with E-state index in [2.05, 4.69) is 11.3 Å². The van der Waals surface area contributed by atoms with Crippen LogP contribution in [-0.4, -0.2) is 0 Å². The molecule has 1 unspecified atom stereocenters. The van der Waals surface area contributed by atoms with Crippen LogP contribution < -0.4 is 11.3 Å². The fourth-order valence-corrected chi connectivity index (χ4v) is 2.36. The maximum absolute atomic E-state index is 5.96. The number of nitrogens with two attached hydrogens (primary N) is 1. The van der Waals surface area contributed by atoms with E-state index in [1.165, 1.54) is 0 Å². The third kappa shape index (κ3) is 2.71. The van der Waals surface area contributed by atoms with Gasteiger partial charge < -0.3 is 0 Å². The first-order valence-corrected chi connectivity index (χ1v) is 5.17. The Kier molecular flexibility index (Phi) is 4.26. The molecule has 1 heterocycles. The van der Waals surface area contributed by atoms with E-state index in [0.29, 0.717) is 6.42 Å². The van der Waals surface area contributed by atoms with E-state index in [1.807, 2.05) is 11.4 Å². The third-order valence-electron chi connectivity index (χ3n) is 1.74. The lowest BCUT2D eigenvalue weighted by Gasteiger charge is -2.12. The summed E-state index contributed by atoms with van der Waals surface area (Å²) in [5.41, 5.74) is 2.71. The molecule has 1 atom stereocenters. The second kappa shape index (κ2) is 5.25. The number of hydrogen-bond acceptors (Lipinski definition) is 3. The van der Waals surface area contributed by atoms with E-state index >= 15 is 0 Å². The summed E-state index contributed by atoms with van der Waals surface area (Å²) >= 11 is 7.55. The predicted octanol–water partition coefficient (Wildman–Crippen LogP) is 2.32. The molecule has 0 radical (unpaired) electrons. The van der Waals surface area contributed by atoms with Crippen LogP contribution in [0.3, 0.4) is 0 Å². The molecule has 0 amide bonds. The standard InChI is InChI=1S/C9H11ClN2S/c1-2-3-4-8(12-11)9-7(10)5-6-13-9/h1,5-6,8,12H,3-4,11H2. The number of halogens is 1.